The third-order valence-electron chi connectivity index (χ3n) is 3.94. The van der Waals surface area contributed by atoms with Crippen LogP contribution < -0.4 is 15.8 Å². The molecule has 0 fully saturated rings. The highest BCUT2D eigenvalue weighted by Crippen LogP contribution is 2.22. The van der Waals surface area contributed by atoms with E-state index in [4.69, 9.17) is 5.73 Å². The van der Waals surface area contributed by atoms with E-state index in [1.807, 2.05) is 24.3 Å². The number of hydrogen-bond acceptors (Lipinski definition) is 5. The van der Waals surface area contributed by atoms with Crippen LogP contribution in [0.3, 0.4) is 0 Å². The minimum Gasteiger partial charge on any atom is -0.351 e. The average molecular weight is 432 g/mol. The average Bonchev–Trinajstić information content (AvgIpc) is 3.08. The zero-order chi connectivity index (χ0) is 19.3. The molecule has 1 amide bonds. The van der Waals surface area contributed by atoms with Gasteiger partial charge in [0.15, 0.2) is 0 Å². The van der Waals surface area contributed by atoms with Crippen LogP contribution >= 0.6 is 23.7 Å². The van der Waals surface area contributed by atoms with Crippen molar-refractivity contribution >= 4 is 39.7 Å². The van der Waals surface area contributed by atoms with Crippen molar-refractivity contribution in [3.63, 3.8) is 0 Å². The Kier molecular flexibility index (Phi) is 8.90. The van der Waals surface area contributed by atoms with E-state index in [9.17, 15) is 13.2 Å². The number of thiophene rings is 1. The molecular formula is C18H26ClN3O3S2. The zero-order valence-electron chi connectivity index (χ0n) is 15.6. The van der Waals surface area contributed by atoms with Crippen molar-refractivity contribution in [2.45, 2.75) is 43.5 Å². The third kappa shape index (κ3) is 6.90. The number of carbonyl (C=O) groups excluding carboxylic acids is 1. The van der Waals surface area contributed by atoms with Crippen LogP contribution in [0.1, 0.15) is 48.7 Å². The minimum atomic E-state index is -3.63. The summed E-state index contributed by atoms with van der Waals surface area (Å²) in [5, 5.41) is 2.65. The Morgan fingerprint density at radius 2 is 1.70 bits per heavy atom. The Morgan fingerprint density at radius 1 is 1.11 bits per heavy atom. The number of rotatable bonds is 8. The molecule has 27 heavy (non-hydrogen) atoms. The Hall–Kier alpha value is -1.45. The van der Waals surface area contributed by atoms with Crippen LogP contribution in [-0.4, -0.2) is 20.9 Å². The third-order valence-corrected chi connectivity index (χ3v) is 6.94. The molecule has 0 spiro atoms. The fourth-order valence-corrected chi connectivity index (χ4v) is 4.73. The number of halogens is 1. The first-order valence-electron chi connectivity index (χ1n) is 8.37. The quantitative estimate of drug-likeness (QED) is 0.598. The molecule has 1 heterocycles. The van der Waals surface area contributed by atoms with Crippen molar-refractivity contribution in [3.05, 3.63) is 52.4 Å². The van der Waals surface area contributed by atoms with E-state index < -0.39 is 16.1 Å². The first kappa shape index (κ1) is 23.6. The van der Waals surface area contributed by atoms with E-state index in [-0.39, 0.29) is 29.1 Å². The molecule has 0 saturated carbocycles. The highest BCUT2D eigenvalue weighted by molar-refractivity contribution is 7.91. The van der Waals surface area contributed by atoms with Crippen molar-refractivity contribution in [3.8, 4) is 0 Å². The molecule has 4 N–H and O–H groups in total. The topological polar surface area (TPSA) is 101 Å². The first-order valence-corrected chi connectivity index (χ1v) is 10.7. The van der Waals surface area contributed by atoms with Crippen LogP contribution in [0, 0.1) is 0 Å². The highest BCUT2D eigenvalue weighted by Gasteiger charge is 2.18. The normalized spacial score (nSPS) is 12.5. The predicted molar refractivity (Wildman–Crippen MR) is 112 cm³/mol. The van der Waals surface area contributed by atoms with Gasteiger partial charge in [0.2, 0.25) is 15.9 Å². The van der Waals surface area contributed by atoms with Crippen molar-refractivity contribution in [2.24, 2.45) is 5.73 Å². The van der Waals surface area contributed by atoms with E-state index in [0.29, 0.717) is 12.5 Å². The summed E-state index contributed by atoms with van der Waals surface area (Å²) in [6.07, 6.45) is 0. The van der Waals surface area contributed by atoms with Gasteiger partial charge in [-0.05, 0) is 29.2 Å². The lowest BCUT2D eigenvalue weighted by atomic mass is 9.99. The van der Waals surface area contributed by atoms with Gasteiger partial charge in [0, 0.05) is 24.4 Å². The molecule has 0 saturated heterocycles. The number of nitrogens with two attached hydrogens (primary N) is 1. The van der Waals surface area contributed by atoms with Crippen LogP contribution in [0.15, 0.2) is 40.6 Å². The maximum Gasteiger partial charge on any atom is 0.250 e. The second-order valence-electron chi connectivity index (χ2n) is 6.41. The van der Waals surface area contributed by atoms with Gasteiger partial charge in [0.1, 0.15) is 4.21 Å². The van der Waals surface area contributed by atoms with Gasteiger partial charge >= 0.3 is 0 Å². The second-order valence-corrected chi connectivity index (χ2v) is 9.57. The van der Waals surface area contributed by atoms with Gasteiger partial charge in [-0.25, -0.2) is 13.1 Å². The van der Waals surface area contributed by atoms with E-state index >= 15 is 0 Å². The molecule has 1 atom stereocenters. The van der Waals surface area contributed by atoms with Crippen molar-refractivity contribution in [1.29, 1.82) is 0 Å². The summed E-state index contributed by atoms with van der Waals surface area (Å²) >= 11 is 1.13. The first-order chi connectivity index (χ1) is 12.2. The summed E-state index contributed by atoms with van der Waals surface area (Å²) in [5.74, 6) is 0.277. The van der Waals surface area contributed by atoms with Gasteiger partial charge in [-0.2, -0.15) is 0 Å². The fourth-order valence-electron chi connectivity index (χ4n) is 2.33. The molecule has 2 aromatic rings. The van der Waals surface area contributed by atoms with E-state index in [2.05, 4.69) is 23.9 Å². The van der Waals surface area contributed by atoms with Gasteiger partial charge < -0.3 is 11.1 Å². The summed E-state index contributed by atoms with van der Waals surface area (Å²) in [6.45, 7) is 6.08. The smallest absolute Gasteiger partial charge is 0.250 e. The molecule has 1 aromatic heterocycles. The van der Waals surface area contributed by atoms with Gasteiger partial charge in [0.05, 0.1) is 6.54 Å². The van der Waals surface area contributed by atoms with Crippen molar-refractivity contribution < 1.29 is 13.2 Å². The molecule has 9 heteroatoms. The zero-order valence-corrected chi connectivity index (χ0v) is 18.0. The molecular weight excluding hydrogens is 406 g/mol. The summed E-state index contributed by atoms with van der Waals surface area (Å²) in [5.41, 5.74) is 8.22. The van der Waals surface area contributed by atoms with E-state index in [1.165, 1.54) is 18.6 Å². The predicted octanol–water partition coefficient (Wildman–Crippen LogP) is 2.91. The Morgan fingerprint density at radius 3 is 2.26 bits per heavy atom. The molecule has 150 valence electrons. The summed E-state index contributed by atoms with van der Waals surface area (Å²) in [6, 6.07) is 10.7. The van der Waals surface area contributed by atoms with Gasteiger partial charge in [0.25, 0.3) is 0 Å². The minimum absolute atomic E-state index is 0. The molecule has 0 radical (unpaired) electrons. The maximum atomic E-state index is 12.4. The molecule has 2 rings (SSSR count). The van der Waals surface area contributed by atoms with Crippen molar-refractivity contribution in [2.75, 3.05) is 6.54 Å². The molecule has 0 aliphatic rings. The van der Waals surface area contributed by atoms with Crippen LogP contribution in [-0.2, 0) is 21.4 Å². The van der Waals surface area contributed by atoms with Crippen LogP contribution in [0.25, 0.3) is 0 Å². The lowest BCUT2D eigenvalue weighted by Crippen LogP contribution is -2.31. The summed E-state index contributed by atoms with van der Waals surface area (Å²) in [7, 11) is -3.63. The standard InChI is InChI=1S/C18H25N3O3S2.ClH/c1-12(2)14-4-6-15(7-5-14)17(19)11-21-26(23,24)18-9-8-16(25-18)10-20-13(3)22;/h4-9,12,17,21H,10-11,19H2,1-3H3,(H,20,22);1H. The van der Waals surface area contributed by atoms with Crippen LogP contribution in [0.4, 0.5) is 0 Å². The Labute approximate surface area is 171 Å². The lowest BCUT2D eigenvalue weighted by Gasteiger charge is -2.14. The molecule has 1 unspecified atom stereocenters. The molecule has 6 nitrogen and oxygen atoms in total. The monoisotopic (exact) mass is 431 g/mol. The molecule has 1 aromatic carbocycles. The number of amides is 1. The Bertz CT molecular complexity index is 849. The highest BCUT2D eigenvalue weighted by atomic mass is 35.5. The number of carbonyl (C=O) groups is 1. The van der Waals surface area contributed by atoms with E-state index in [1.54, 1.807) is 6.07 Å². The fraction of sp³-hybridized carbons (Fsp3) is 0.389. The number of sulfonamides is 1. The molecule has 0 aliphatic carbocycles. The number of hydrogen-bond donors (Lipinski definition) is 3. The van der Waals surface area contributed by atoms with Crippen LogP contribution in [0.2, 0.25) is 0 Å². The van der Waals surface area contributed by atoms with Crippen LogP contribution in [0.5, 0.6) is 0 Å². The molecule has 0 bridgehead atoms. The van der Waals surface area contributed by atoms with E-state index in [0.717, 1.165) is 21.8 Å². The SMILES string of the molecule is CC(=O)NCc1ccc(S(=O)(=O)NCC(N)c2ccc(C(C)C)cc2)s1.Cl. The molecule has 0 aliphatic heterocycles. The van der Waals surface area contributed by atoms with Gasteiger partial charge in [-0.15, -0.1) is 23.7 Å². The number of benzene rings is 1. The van der Waals surface area contributed by atoms with Gasteiger partial charge in [-0.3, -0.25) is 4.79 Å². The summed E-state index contributed by atoms with van der Waals surface area (Å²) in [4.78, 5) is 11.7. The lowest BCUT2D eigenvalue weighted by molar-refractivity contribution is -0.119. The maximum absolute atomic E-state index is 12.4. The van der Waals surface area contributed by atoms with Gasteiger partial charge in [-0.1, -0.05) is 38.1 Å². The summed E-state index contributed by atoms with van der Waals surface area (Å²) < 4.78 is 27.6. The van der Waals surface area contributed by atoms with Crippen molar-refractivity contribution in [1.82, 2.24) is 10.0 Å². The second kappa shape index (κ2) is 10.2. The Balaban J connectivity index is 0.00000364. The number of nitrogens with one attached hydrogen (secondary N) is 2. The largest absolute Gasteiger partial charge is 0.351 e.